The van der Waals surface area contributed by atoms with Crippen LogP contribution in [0.15, 0.2) is 47.6 Å². The maximum atomic E-state index is 12.3. The lowest BCUT2D eigenvalue weighted by atomic mass is 10.2. The van der Waals surface area contributed by atoms with Crippen LogP contribution in [0.2, 0.25) is 0 Å². The molecule has 0 fully saturated rings. The first kappa shape index (κ1) is 19.0. The van der Waals surface area contributed by atoms with Gasteiger partial charge in [-0.3, -0.25) is 4.79 Å². The van der Waals surface area contributed by atoms with E-state index in [0.29, 0.717) is 25.1 Å². The van der Waals surface area contributed by atoms with Gasteiger partial charge in [-0.25, -0.2) is 22.6 Å². The minimum atomic E-state index is -3.59. The number of nitrogens with one attached hydrogen (secondary N) is 2. The number of anilines is 1. The number of amides is 1. The zero-order valence-electron chi connectivity index (χ0n) is 15.1. The normalized spacial score (nSPS) is 11.6. The molecule has 2 aromatic heterocycles. The van der Waals surface area contributed by atoms with E-state index in [-0.39, 0.29) is 10.8 Å². The third-order valence-corrected chi connectivity index (χ3v) is 5.39. The molecule has 0 atom stereocenters. The second kappa shape index (κ2) is 7.85. The van der Waals surface area contributed by atoms with Gasteiger partial charge in [0.1, 0.15) is 0 Å². The zero-order chi connectivity index (χ0) is 19.4. The fourth-order valence-corrected chi connectivity index (χ4v) is 3.74. The smallest absolute Gasteiger partial charge is 0.240 e. The Morgan fingerprint density at radius 2 is 1.96 bits per heavy atom. The number of carbonyl (C=O) groups excluding carboxylic acids is 1. The summed E-state index contributed by atoms with van der Waals surface area (Å²) in [5, 5.41) is 6.92. The minimum absolute atomic E-state index is 0.159. The summed E-state index contributed by atoms with van der Waals surface area (Å²) >= 11 is 0. The number of carbonyl (C=O) groups is 1. The van der Waals surface area contributed by atoms with Gasteiger partial charge in [-0.2, -0.15) is 5.10 Å². The largest absolute Gasteiger partial charge is 0.326 e. The van der Waals surface area contributed by atoms with Crippen molar-refractivity contribution >= 4 is 27.3 Å². The van der Waals surface area contributed by atoms with Crippen molar-refractivity contribution < 1.29 is 13.2 Å². The SMILES string of the molecule is CC(=O)Nc1ccc(S(=O)(=O)NCCCc2cnc3cc(C)nn3c2)cc1. The predicted molar refractivity (Wildman–Crippen MR) is 102 cm³/mol. The van der Waals surface area contributed by atoms with Crippen molar-refractivity contribution in [3.8, 4) is 0 Å². The molecule has 142 valence electrons. The van der Waals surface area contributed by atoms with Crippen LogP contribution in [0, 0.1) is 6.92 Å². The molecule has 0 aliphatic heterocycles. The van der Waals surface area contributed by atoms with E-state index in [1.54, 1.807) is 22.8 Å². The van der Waals surface area contributed by atoms with Gasteiger partial charge in [0.2, 0.25) is 15.9 Å². The maximum Gasteiger partial charge on any atom is 0.240 e. The van der Waals surface area contributed by atoms with Gasteiger partial charge in [0, 0.05) is 37.6 Å². The summed E-state index contributed by atoms with van der Waals surface area (Å²) in [5.41, 5.74) is 3.24. The number of nitrogens with zero attached hydrogens (tertiary/aromatic N) is 3. The van der Waals surface area contributed by atoms with Crippen LogP contribution in [0.4, 0.5) is 5.69 Å². The molecule has 3 aromatic rings. The highest BCUT2D eigenvalue weighted by molar-refractivity contribution is 7.89. The van der Waals surface area contributed by atoms with Crippen LogP contribution in [0.3, 0.4) is 0 Å². The number of aromatic nitrogens is 3. The number of hydrogen-bond donors (Lipinski definition) is 2. The fraction of sp³-hybridized carbons (Fsp3) is 0.278. The Balaban J connectivity index is 1.54. The molecule has 0 aliphatic rings. The topological polar surface area (TPSA) is 105 Å². The first-order valence-electron chi connectivity index (χ1n) is 8.52. The van der Waals surface area contributed by atoms with Crippen LogP contribution < -0.4 is 10.0 Å². The van der Waals surface area contributed by atoms with Crippen molar-refractivity contribution in [3.63, 3.8) is 0 Å². The van der Waals surface area contributed by atoms with Gasteiger partial charge in [0.05, 0.1) is 10.6 Å². The summed E-state index contributed by atoms with van der Waals surface area (Å²) in [5.74, 6) is -0.207. The highest BCUT2D eigenvalue weighted by atomic mass is 32.2. The average molecular weight is 387 g/mol. The van der Waals surface area contributed by atoms with Crippen molar-refractivity contribution in [2.24, 2.45) is 0 Å². The number of rotatable bonds is 7. The van der Waals surface area contributed by atoms with Crippen LogP contribution in [0.25, 0.3) is 5.65 Å². The second-order valence-electron chi connectivity index (χ2n) is 6.26. The van der Waals surface area contributed by atoms with E-state index in [0.717, 1.165) is 16.9 Å². The summed E-state index contributed by atoms with van der Waals surface area (Å²) < 4.78 is 29.0. The molecule has 8 nitrogen and oxygen atoms in total. The predicted octanol–water partition coefficient (Wildman–Crippen LogP) is 1.91. The standard InChI is InChI=1S/C18H21N5O3S/c1-13-10-18-19-11-15(12-23(18)22-13)4-3-9-20-27(25,26)17-7-5-16(6-8-17)21-14(2)24/h5-8,10-12,20H,3-4,9H2,1-2H3,(H,21,24). The molecule has 0 saturated heterocycles. The molecular formula is C18H21N5O3S. The Morgan fingerprint density at radius 3 is 2.67 bits per heavy atom. The van der Waals surface area contributed by atoms with E-state index in [1.807, 2.05) is 19.2 Å². The number of fused-ring (bicyclic) bond motifs is 1. The summed E-state index contributed by atoms with van der Waals surface area (Å²) in [6.45, 7) is 3.62. The van der Waals surface area contributed by atoms with E-state index in [9.17, 15) is 13.2 Å². The van der Waals surface area contributed by atoms with E-state index < -0.39 is 10.0 Å². The Kier molecular flexibility index (Phi) is 5.52. The molecule has 1 amide bonds. The molecule has 2 N–H and O–H groups in total. The second-order valence-corrected chi connectivity index (χ2v) is 8.02. The Bertz CT molecular complexity index is 1060. The quantitative estimate of drug-likeness (QED) is 0.603. The number of aryl methyl sites for hydroxylation is 2. The van der Waals surface area contributed by atoms with Crippen molar-refractivity contribution in [2.75, 3.05) is 11.9 Å². The zero-order valence-corrected chi connectivity index (χ0v) is 16.0. The molecule has 0 aliphatic carbocycles. The molecule has 0 saturated carbocycles. The Morgan fingerprint density at radius 1 is 1.22 bits per heavy atom. The number of hydrogen-bond acceptors (Lipinski definition) is 5. The van der Waals surface area contributed by atoms with E-state index in [1.165, 1.54) is 19.1 Å². The number of sulfonamides is 1. The minimum Gasteiger partial charge on any atom is -0.326 e. The van der Waals surface area contributed by atoms with E-state index in [4.69, 9.17) is 0 Å². The third-order valence-electron chi connectivity index (χ3n) is 3.91. The lowest BCUT2D eigenvalue weighted by Crippen LogP contribution is -2.25. The highest BCUT2D eigenvalue weighted by Crippen LogP contribution is 2.14. The molecule has 9 heteroatoms. The first-order valence-corrected chi connectivity index (χ1v) is 10.00. The molecule has 3 rings (SSSR count). The van der Waals surface area contributed by atoms with Gasteiger partial charge in [-0.1, -0.05) is 0 Å². The van der Waals surface area contributed by atoms with Crippen LogP contribution in [0.1, 0.15) is 24.6 Å². The van der Waals surface area contributed by atoms with Gasteiger partial charge >= 0.3 is 0 Å². The van der Waals surface area contributed by atoms with Crippen LogP contribution in [-0.4, -0.2) is 35.5 Å². The maximum absolute atomic E-state index is 12.3. The molecule has 27 heavy (non-hydrogen) atoms. The lowest BCUT2D eigenvalue weighted by Gasteiger charge is -2.08. The van der Waals surface area contributed by atoms with Gasteiger partial charge in [-0.05, 0) is 49.6 Å². The van der Waals surface area contributed by atoms with Crippen molar-refractivity contribution in [3.05, 3.63) is 54.0 Å². The molecule has 0 bridgehead atoms. The highest BCUT2D eigenvalue weighted by Gasteiger charge is 2.13. The van der Waals surface area contributed by atoms with Crippen LogP contribution >= 0.6 is 0 Å². The lowest BCUT2D eigenvalue weighted by molar-refractivity contribution is -0.114. The molecule has 2 heterocycles. The van der Waals surface area contributed by atoms with E-state index in [2.05, 4.69) is 20.1 Å². The summed E-state index contributed by atoms with van der Waals surface area (Å²) in [6.07, 6.45) is 5.01. The van der Waals surface area contributed by atoms with Crippen molar-refractivity contribution in [1.82, 2.24) is 19.3 Å². The van der Waals surface area contributed by atoms with Crippen molar-refractivity contribution in [2.45, 2.75) is 31.6 Å². The van der Waals surface area contributed by atoms with Gasteiger partial charge in [0.25, 0.3) is 0 Å². The fourth-order valence-electron chi connectivity index (χ4n) is 2.67. The molecule has 0 spiro atoms. The molecule has 0 radical (unpaired) electrons. The molecular weight excluding hydrogens is 366 g/mol. The van der Waals surface area contributed by atoms with Gasteiger partial charge in [-0.15, -0.1) is 0 Å². The van der Waals surface area contributed by atoms with Crippen molar-refractivity contribution in [1.29, 1.82) is 0 Å². The monoisotopic (exact) mass is 387 g/mol. The van der Waals surface area contributed by atoms with Crippen LogP contribution in [0.5, 0.6) is 0 Å². The summed E-state index contributed by atoms with van der Waals surface area (Å²) in [4.78, 5) is 15.5. The average Bonchev–Trinajstić information content (AvgIpc) is 2.98. The Labute approximate surface area is 157 Å². The van der Waals surface area contributed by atoms with Gasteiger partial charge < -0.3 is 5.32 Å². The number of benzene rings is 1. The van der Waals surface area contributed by atoms with Crippen LogP contribution in [-0.2, 0) is 21.2 Å². The summed E-state index contributed by atoms with van der Waals surface area (Å²) in [6, 6.07) is 7.94. The third kappa shape index (κ3) is 4.89. The Hall–Kier alpha value is -2.78. The van der Waals surface area contributed by atoms with Gasteiger partial charge in [0.15, 0.2) is 5.65 Å². The first-order chi connectivity index (χ1) is 12.8. The molecule has 0 unspecified atom stereocenters. The molecule has 1 aromatic carbocycles. The summed E-state index contributed by atoms with van der Waals surface area (Å²) in [7, 11) is -3.59. The van der Waals surface area contributed by atoms with E-state index >= 15 is 0 Å².